The molecule has 3 heterocycles. The number of nitrogens with zero attached hydrogens (tertiary/aromatic N) is 3. The number of sulfone groups is 1. The second-order valence-corrected chi connectivity index (χ2v) is 10.9. The molecule has 0 radical (unpaired) electrons. The summed E-state index contributed by atoms with van der Waals surface area (Å²) in [4.78, 5) is 30.5. The number of rotatable bonds is 5. The van der Waals surface area contributed by atoms with Crippen molar-refractivity contribution < 1.29 is 22.7 Å². The SMILES string of the molecule is COc1ccc(-c2nc(NC(=O)C3=NN([C@@H]4CCS(=O)(=O)C4)C(=O)CC3)sc2C)cc1. The summed E-state index contributed by atoms with van der Waals surface area (Å²) in [7, 11) is -1.57. The van der Waals surface area contributed by atoms with E-state index in [1.807, 2.05) is 31.2 Å². The lowest BCUT2D eigenvalue weighted by molar-refractivity contribution is -0.133. The van der Waals surface area contributed by atoms with Gasteiger partial charge < -0.3 is 4.74 Å². The maximum atomic E-state index is 12.8. The van der Waals surface area contributed by atoms with E-state index in [9.17, 15) is 18.0 Å². The average Bonchev–Trinajstić information content (AvgIpc) is 3.29. The van der Waals surface area contributed by atoms with E-state index < -0.39 is 21.8 Å². The summed E-state index contributed by atoms with van der Waals surface area (Å²) in [6.45, 7) is 1.92. The number of methoxy groups -OCH3 is 1. The number of benzene rings is 1. The molecule has 1 atom stereocenters. The number of hydrazone groups is 1. The fourth-order valence-electron chi connectivity index (χ4n) is 3.62. The highest BCUT2D eigenvalue weighted by molar-refractivity contribution is 7.91. The fourth-order valence-corrected chi connectivity index (χ4v) is 6.15. The summed E-state index contributed by atoms with van der Waals surface area (Å²) < 4.78 is 28.7. The second kappa shape index (κ2) is 8.39. The summed E-state index contributed by atoms with van der Waals surface area (Å²) in [6.07, 6.45) is 0.663. The van der Waals surface area contributed by atoms with Crippen molar-refractivity contribution in [1.82, 2.24) is 9.99 Å². The molecule has 2 aliphatic rings. The van der Waals surface area contributed by atoms with E-state index in [1.165, 1.54) is 16.3 Å². The fraction of sp³-hybridized carbons (Fsp3) is 0.400. The van der Waals surface area contributed by atoms with Gasteiger partial charge in [0.15, 0.2) is 15.0 Å². The van der Waals surface area contributed by atoms with Gasteiger partial charge in [0.25, 0.3) is 5.91 Å². The minimum atomic E-state index is -3.17. The lowest BCUT2D eigenvalue weighted by Gasteiger charge is -2.27. The van der Waals surface area contributed by atoms with Crippen LogP contribution in [0.5, 0.6) is 5.75 Å². The van der Waals surface area contributed by atoms with Crippen LogP contribution in [0, 0.1) is 6.92 Å². The Bertz CT molecular complexity index is 1150. The number of ether oxygens (including phenoxy) is 1. The third kappa shape index (κ3) is 4.62. The normalized spacial score (nSPS) is 20.5. The molecule has 31 heavy (non-hydrogen) atoms. The highest BCUT2D eigenvalue weighted by atomic mass is 32.2. The molecule has 2 aliphatic heterocycles. The van der Waals surface area contributed by atoms with Crippen molar-refractivity contribution in [2.45, 2.75) is 32.2 Å². The number of aryl methyl sites for hydroxylation is 1. The molecule has 2 aromatic rings. The third-order valence-corrected chi connectivity index (χ3v) is 7.89. The molecule has 1 aromatic heterocycles. The topological polar surface area (TPSA) is 118 Å². The number of nitrogens with one attached hydrogen (secondary N) is 1. The Morgan fingerprint density at radius 3 is 2.65 bits per heavy atom. The minimum Gasteiger partial charge on any atom is -0.497 e. The first-order valence-corrected chi connectivity index (χ1v) is 12.4. The molecule has 0 aliphatic carbocycles. The van der Waals surface area contributed by atoms with Gasteiger partial charge in [0, 0.05) is 23.3 Å². The molecule has 9 nitrogen and oxygen atoms in total. The van der Waals surface area contributed by atoms with Crippen LogP contribution < -0.4 is 10.1 Å². The Morgan fingerprint density at radius 1 is 1.26 bits per heavy atom. The summed E-state index contributed by atoms with van der Waals surface area (Å²) in [5.41, 5.74) is 1.87. The van der Waals surface area contributed by atoms with Crippen LogP contribution in [-0.4, -0.2) is 60.6 Å². The summed E-state index contributed by atoms with van der Waals surface area (Å²) in [5, 5.41) is 8.58. The predicted octanol–water partition coefficient (Wildman–Crippen LogP) is 2.23. The van der Waals surface area contributed by atoms with E-state index in [-0.39, 0.29) is 36.0 Å². The highest BCUT2D eigenvalue weighted by Gasteiger charge is 2.37. The molecule has 1 N–H and O–H groups in total. The Labute approximate surface area is 184 Å². The molecule has 164 valence electrons. The minimum absolute atomic E-state index is 0.0328. The van der Waals surface area contributed by atoms with Gasteiger partial charge >= 0.3 is 0 Å². The monoisotopic (exact) mass is 462 g/mol. The predicted molar refractivity (Wildman–Crippen MR) is 118 cm³/mol. The molecular formula is C20H22N4O5S2. The number of amides is 2. The number of anilines is 1. The summed E-state index contributed by atoms with van der Waals surface area (Å²) >= 11 is 1.35. The van der Waals surface area contributed by atoms with Gasteiger partial charge in [-0.1, -0.05) is 0 Å². The highest BCUT2D eigenvalue weighted by Crippen LogP contribution is 2.31. The molecule has 11 heteroatoms. The zero-order chi connectivity index (χ0) is 22.2. The van der Waals surface area contributed by atoms with Gasteiger partial charge in [-0.05, 0) is 37.6 Å². The van der Waals surface area contributed by atoms with Gasteiger partial charge in [-0.25, -0.2) is 18.4 Å². The van der Waals surface area contributed by atoms with Crippen molar-refractivity contribution in [2.24, 2.45) is 5.10 Å². The first-order chi connectivity index (χ1) is 14.8. The van der Waals surface area contributed by atoms with Gasteiger partial charge in [0.2, 0.25) is 5.91 Å². The molecule has 1 fully saturated rings. The van der Waals surface area contributed by atoms with E-state index >= 15 is 0 Å². The van der Waals surface area contributed by atoms with Crippen molar-refractivity contribution in [3.63, 3.8) is 0 Å². The molecule has 1 saturated heterocycles. The maximum Gasteiger partial charge on any atom is 0.273 e. The van der Waals surface area contributed by atoms with E-state index in [2.05, 4.69) is 15.4 Å². The molecule has 0 unspecified atom stereocenters. The quantitative estimate of drug-likeness (QED) is 0.728. The number of hydrogen-bond donors (Lipinski definition) is 1. The smallest absolute Gasteiger partial charge is 0.273 e. The van der Waals surface area contributed by atoms with E-state index in [0.717, 1.165) is 21.9 Å². The van der Waals surface area contributed by atoms with Crippen molar-refractivity contribution in [2.75, 3.05) is 23.9 Å². The maximum absolute atomic E-state index is 12.8. The molecule has 1 aromatic carbocycles. The van der Waals surface area contributed by atoms with Crippen molar-refractivity contribution in [3.8, 4) is 17.0 Å². The second-order valence-electron chi connectivity index (χ2n) is 7.45. The van der Waals surface area contributed by atoms with Gasteiger partial charge in [0.05, 0.1) is 30.4 Å². The van der Waals surface area contributed by atoms with Crippen LogP contribution in [-0.2, 0) is 19.4 Å². The average molecular weight is 463 g/mol. The summed E-state index contributed by atoms with van der Waals surface area (Å²) in [6, 6.07) is 6.98. The third-order valence-electron chi connectivity index (χ3n) is 5.26. The van der Waals surface area contributed by atoms with Crippen LogP contribution in [0.15, 0.2) is 29.4 Å². The van der Waals surface area contributed by atoms with Crippen molar-refractivity contribution in [1.29, 1.82) is 0 Å². The van der Waals surface area contributed by atoms with E-state index in [0.29, 0.717) is 11.6 Å². The molecule has 0 bridgehead atoms. The number of thiazole rings is 1. The van der Waals surface area contributed by atoms with Crippen molar-refractivity contribution in [3.05, 3.63) is 29.1 Å². The van der Waals surface area contributed by atoms with Crippen LogP contribution in [0.3, 0.4) is 0 Å². The lowest BCUT2D eigenvalue weighted by Crippen LogP contribution is -2.42. The van der Waals surface area contributed by atoms with Gasteiger partial charge in [-0.2, -0.15) is 5.10 Å². The van der Waals surface area contributed by atoms with E-state index in [4.69, 9.17) is 4.74 Å². The summed E-state index contributed by atoms with van der Waals surface area (Å²) in [5.74, 6) is -0.0347. The van der Waals surface area contributed by atoms with Crippen LogP contribution in [0.1, 0.15) is 24.1 Å². The Morgan fingerprint density at radius 2 is 2.00 bits per heavy atom. The van der Waals surface area contributed by atoms with Gasteiger partial charge in [-0.15, -0.1) is 11.3 Å². The van der Waals surface area contributed by atoms with Crippen LogP contribution in [0.4, 0.5) is 5.13 Å². The first-order valence-electron chi connectivity index (χ1n) is 9.79. The van der Waals surface area contributed by atoms with Gasteiger partial charge in [0.1, 0.15) is 11.5 Å². The Kier molecular flexibility index (Phi) is 5.80. The lowest BCUT2D eigenvalue weighted by atomic mass is 10.1. The molecular weight excluding hydrogens is 440 g/mol. The zero-order valence-electron chi connectivity index (χ0n) is 17.1. The zero-order valence-corrected chi connectivity index (χ0v) is 18.8. The largest absolute Gasteiger partial charge is 0.497 e. The molecule has 0 spiro atoms. The van der Waals surface area contributed by atoms with Crippen molar-refractivity contribution >= 4 is 43.8 Å². The Balaban J connectivity index is 1.50. The molecule has 2 amide bonds. The number of aromatic nitrogens is 1. The number of carbonyl (C=O) groups excluding carboxylic acids is 2. The van der Waals surface area contributed by atoms with Crippen LogP contribution in [0.25, 0.3) is 11.3 Å². The van der Waals surface area contributed by atoms with E-state index in [1.54, 1.807) is 7.11 Å². The van der Waals surface area contributed by atoms with Crippen LogP contribution >= 0.6 is 11.3 Å². The number of hydrogen-bond acceptors (Lipinski definition) is 8. The molecule has 0 saturated carbocycles. The van der Waals surface area contributed by atoms with Crippen LogP contribution in [0.2, 0.25) is 0 Å². The van der Waals surface area contributed by atoms with Gasteiger partial charge in [-0.3, -0.25) is 14.9 Å². The first kappa shape index (κ1) is 21.4. The Hall–Kier alpha value is -2.79. The number of carbonyl (C=O) groups is 2. The standard InChI is InChI=1S/C20H22N4O5S2/c1-12-18(13-3-5-15(29-2)6-4-13)21-20(30-12)22-19(26)16-7-8-17(25)24(23-16)14-9-10-31(27,28)11-14/h3-6,14H,7-11H2,1-2H3,(H,21,22,26)/t14-/m1/s1. The molecule has 4 rings (SSSR count).